The number of hydrogen-bond donors (Lipinski definition) is 1. The lowest BCUT2D eigenvalue weighted by Crippen LogP contribution is -2.32. The Balaban J connectivity index is 1.65. The van der Waals surface area contributed by atoms with Crippen LogP contribution in [0.5, 0.6) is 0 Å². The minimum Gasteiger partial charge on any atom is -0.342 e. The zero-order valence-electron chi connectivity index (χ0n) is 19.0. The van der Waals surface area contributed by atoms with E-state index >= 15 is 0 Å². The summed E-state index contributed by atoms with van der Waals surface area (Å²) in [5, 5.41) is 2.80. The number of nitrogens with zero attached hydrogens (tertiary/aromatic N) is 3. The summed E-state index contributed by atoms with van der Waals surface area (Å²) in [6, 6.07) is 5.56. The number of sulfonamides is 2. The van der Waals surface area contributed by atoms with Gasteiger partial charge in [0.05, 0.1) is 0 Å². The molecule has 9 nitrogen and oxygen atoms in total. The van der Waals surface area contributed by atoms with Crippen molar-refractivity contribution in [3.63, 3.8) is 0 Å². The number of anilines is 1. The number of aryl methyl sites for hydroxylation is 2. The highest BCUT2D eigenvalue weighted by atomic mass is 32.2. The van der Waals surface area contributed by atoms with Gasteiger partial charge in [0.15, 0.2) is 0 Å². The summed E-state index contributed by atoms with van der Waals surface area (Å²) >= 11 is 0. The predicted molar refractivity (Wildman–Crippen MR) is 125 cm³/mol. The van der Waals surface area contributed by atoms with E-state index in [1.807, 2.05) is 26.0 Å². The molecular formula is C22H30N4O5S2. The third-order valence-corrected chi connectivity index (χ3v) is 10.3. The maximum atomic E-state index is 13.3. The highest BCUT2D eigenvalue weighted by Gasteiger charge is 2.38. The molecule has 1 amide bonds. The molecule has 33 heavy (non-hydrogen) atoms. The summed E-state index contributed by atoms with van der Waals surface area (Å²) in [5.74, 6) is -0.372. The summed E-state index contributed by atoms with van der Waals surface area (Å²) in [4.78, 5) is 12.2. The van der Waals surface area contributed by atoms with Crippen LogP contribution in [0.2, 0.25) is 0 Å². The van der Waals surface area contributed by atoms with Crippen LogP contribution in [0.3, 0.4) is 0 Å². The first-order chi connectivity index (χ1) is 15.6. The van der Waals surface area contributed by atoms with Gasteiger partial charge < -0.3 is 9.88 Å². The normalized spacial score (nSPS) is 18.1. The van der Waals surface area contributed by atoms with E-state index < -0.39 is 20.0 Å². The van der Waals surface area contributed by atoms with Gasteiger partial charge in [-0.3, -0.25) is 4.79 Å². The second kappa shape index (κ2) is 9.21. The van der Waals surface area contributed by atoms with E-state index in [2.05, 4.69) is 5.32 Å². The molecule has 0 radical (unpaired) electrons. The van der Waals surface area contributed by atoms with Crippen molar-refractivity contribution >= 4 is 31.6 Å². The number of carbonyl (C=O) groups excluding carboxylic acids is 1. The number of hydrogen-bond acceptors (Lipinski definition) is 5. The van der Waals surface area contributed by atoms with E-state index in [1.165, 1.54) is 25.6 Å². The second-order valence-electron chi connectivity index (χ2n) is 8.73. The molecule has 0 saturated carbocycles. The van der Waals surface area contributed by atoms with E-state index in [1.54, 1.807) is 6.07 Å². The quantitative estimate of drug-likeness (QED) is 0.635. The average molecular weight is 495 g/mol. The van der Waals surface area contributed by atoms with Crippen LogP contribution in [0, 0.1) is 13.8 Å². The van der Waals surface area contributed by atoms with Crippen molar-refractivity contribution in [3.05, 3.63) is 41.7 Å². The molecule has 0 spiro atoms. The van der Waals surface area contributed by atoms with Crippen LogP contribution in [0.25, 0.3) is 0 Å². The van der Waals surface area contributed by atoms with Gasteiger partial charge >= 0.3 is 0 Å². The van der Waals surface area contributed by atoms with Gasteiger partial charge in [-0.05, 0) is 62.8 Å². The third-order valence-electron chi connectivity index (χ3n) is 6.29. The Labute approximate surface area is 195 Å². The minimum absolute atomic E-state index is 0.203. The van der Waals surface area contributed by atoms with Gasteiger partial charge in [-0.25, -0.2) is 16.8 Å². The van der Waals surface area contributed by atoms with Crippen molar-refractivity contribution in [2.24, 2.45) is 0 Å². The molecule has 11 heteroatoms. The van der Waals surface area contributed by atoms with Crippen molar-refractivity contribution < 1.29 is 21.6 Å². The molecule has 0 atom stereocenters. The molecule has 2 aliphatic rings. The van der Waals surface area contributed by atoms with Gasteiger partial charge in [0.25, 0.3) is 0 Å². The summed E-state index contributed by atoms with van der Waals surface area (Å²) in [7, 11) is -7.98. The molecule has 2 aromatic rings. The van der Waals surface area contributed by atoms with E-state index in [9.17, 15) is 21.6 Å². The molecule has 1 aromatic carbocycles. The zero-order valence-corrected chi connectivity index (χ0v) is 20.6. The Bertz CT molecular complexity index is 1190. The summed E-state index contributed by atoms with van der Waals surface area (Å²) in [5.41, 5.74) is 2.77. The van der Waals surface area contributed by atoms with Gasteiger partial charge in [0.2, 0.25) is 26.0 Å². The molecule has 0 unspecified atom stereocenters. The smallest absolute Gasteiger partial charge is 0.245 e. The number of benzene rings is 1. The van der Waals surface area contributed by atoms with Crippen molar-refractivity contribution in [1.82, 2.24) is 13.2 Å². The molecule has 180 valence electrons. The van der Waals surface area contributed by atoms with Crippen molar-refractivity contribution in [3.8, 4) is 0 Å². The molecular weight excluding hydrogens is 464 g/mol. The number of rotatable bonds is 7. The van der Waals surface area contributed by atoms with Crippen LogP contribution in [-0.2, 0) is 31.4 Å². The van der Waals surface area contributed by atoms with Crippen LogP contribution in [0.1, 0.15) is 36.8 Å². The fourth-order valence-electron chi connectivity index (χ4n) is 4.27. The Morgan fingerprint density at radius 3 is 1.76 bits per heavy atom. The molecule has 0 bridgehead atoms. The van der Waals surface area contributed by atoms with Crippen LogP contribution < -0.4 is 5.32 Å². The minimum atomic E-state index is -3.99. The van der Waals surface area contributed by atoms with Gasteiger partial charge in [-0.15, -0.1) is 0 Å². The number of aromatic nitrogens is 1. The Morgan fingerprint density at radius 2 is 1.30 bits per heavy atom. The first-order valence-corrected chi connectivity index (χ1v) is 14.0. The summed E-state index contributed by atoms with van der Waals surface area (Å²) in [6.45, 7) is 5.18. The molecule has 2 fully saturated rings. The Kier molecular flexibility index (Phi) is 6.68. The van der Waals surface area contributed by atoms with E-state index in [0.717, 1.165) is 36.8 Å². The predicted octanol–water partition coefficient (Wildman–Crippen LogP) is 2.31. The fraction of sp³-hybridized carbons (Fsp3) is 0.500. The van der Waals surface area contributed by atoms with Gasteiger partial charge in [0, 0.05) is 44.3 Å². The fourth-order valence-corrected chi connectivity index (χ4v) is 8.08. The van der Waals surface area contributed by atoms with Gasteiger partial charge in [-0.1, -0.05) is 6.07 Å². The zero-order chi connectivity index (χ0) is 23.8. The molecule has 0 aliphatic carbocycles. The van der Waals surface area contributed by atoms with E-state index in [4.69, 9.17) is 0 Å². The number of carbonyl (C=O) groups is 1. The van der Waals surface area contributed by atoms with Crippen molar-refractivity contribution in [1.29, 1.82) is 0 Å². The van der Waals surface area contributed by atoms with Crippen molar-refractivity contribution in [2.45, 2.75) is 55.9 Å². The highest BCUT2D eigenvalue weighted by molar-refractivity contribution is 7.92. The number of amides is 1. The Morgan fingerprint density at radius 1 is 0.818 bits per heavy atom. The standard InChI is InChI=1S/C22H30N4O5S2/c1-17-7-8-19(13-18(17)2)23-22(27)16-24-14-20(32(28,29)25-9-3-4-10-25)21(15-24)33(30,31)26-11-5-6-12-26/h7-8,13-15H,3-6,9-12,16H2,1-2H3,(H,23,27). The molecule has 2 aliphatic heterocycles. The average Bonchev–Trinajstić information content (AvgIpc) is 3.52. The topological polar surface area (TPSA) is 109 Å². The van der Waals surface area contributed by atoms with Crippen LogP contribution in [-0.4, -0.2) is 62.1 Å². The van der Waals surface area contributed by atoms with Crippen LogP contribution >= 0.6 is 0 Å². The lowest BCUT2D eigenvalue weighted by atomic mass is 10.1. The van der Waals surface area contributed by atoms with Crippen LogP contribution in [0.15, 0.2) is 40.4 Å². The van der Waals surface area contributed by atoms with Crippen LogP contribution in [0.4, 0.5) is 5.69 Å². The molecule has 1 N–H and O–H groups in total. The van der Waals surface area contributed by atoms with E-state index in [0.29, 0.717) is 31.9 Å². The molecule has 3 heterocycles. The monoisotopic (exact) mass is 494 g/mol. The summed E-state index contributed by atoms with van der Waals surface area (Å²) < 4.78 is 57.2. The molecule has 1 aromatic heterocycles. The lowest BCUT2D eigenvalue weighted by molar-refractivity contribution is -0.116. The first kappa shape index (κ1) is 23.9. The largest absolute Gasteiger partial charge is 0.342 e. The highest BCUT2D eigenvalue weighted by Crippen LogP contribution is 2.31. The maximum Gasteiger partial charge on any atom is 0.245 e. The first-order valence-electron chi connectivity index (χ1n) is 11.2. The van der Waals surface area contributed by atoms with Crippen molar-refractivity contribution in [2.75, 3.05) is 31.5 Å². The van der Waals surface area contributed by atoms with Gasteiger partial charge in [-0.2, -0.15) is 8.61 Å². The summed E-state index contributed by atoms with van der Waals surface area (Å²) in [6.07, 6.45) is 5.52. The van der Waals surface area contributed by atoms with E-state index in [-0.39, 0.29) is 22.2 Å². The maximum absolute atomic E-state index is 13.3. The molecule has 4 rings (SSSR count). The molecule has 2 saturated heterocycles. The second-order valence-corrected chi connectivity index (χ2v) is 12.5. The third kappa shape index (κ3) is 4.86. The lowest BCUT2D eigenvalue weighted by Gasteiger charge is -2.18. The number of nitrogens with one attached hydrogen (secondary N) is 1. The Hall–Kier alpha value is -2.21. The van der Waals surface area contributed by atoms with Gasteiger partial charge in [0.1, 0.15) is 16.3 Å². The SMILES string of the molecule is Cc1ccc(NC(=O)Cn2cc(S(=O)(=O)N3CCCC3)c(S(=O)(=O)N3CCCC3)c2)cc1C.